The summed E-state index contributed by atoms with van der Waals surface area (Å²) in [5.74, 6) is 0. The number of hydrogen-bond donors (Lipinski definition) is 1. The average Bonchev–Trinajstić information content (AvgIpc) is 2.53. The van der Waals surface area contributed by atoms with Crippen LogP contribution < -0.4 is 4.90 Å². The molecule has 1 nitrogen and oxygen atoms in total. The SMILES string of the molecule is Cc1ccc([NH+](c2ccc(C)cc2)c2ccc(C)cc2)cc1.[CH3-]. The van der Waals surface area contributed by atoms with Gasteiger partial charge < -0.3 is 7.43 Å². The lowest BCUT2D eigenvalue weighted by molar-refractivity contribution is -0.681. The van der Waals surface area contributed by atoms with E-state index in [0.29, 0.717) is 0 Å². The molecular formula is C22H25N. The first-order valence-electron chi connectivity index (χ1n) is 7.71. The monoisotopic (exact) mass is 303 g/mol. The predicted molar refractivity (Wildman–Crippen MR) is 99.9 cm³/mol. The lowest BCUT2D eigenvalue weighted by Crippen LogP contribution is -2.96. The van der Waals surface area contributed by atoms with Crippen molar-refractivity contribution in [2.24, 2.45) is 0 Å². The van der Waals surface area contributed by atoms with E-state index in [0.717, 1.165) is 0 Å². The standard InChI is InChI=1S/C21H21N.CH3/c1-16-4-10-19(11-5-16)22(20-12-6-17(2)7-13-20)21-14-8-18(3)9-15-21;/h4-15H,1-3H3;1H3/q;-1/p+1. The van der Waals surface area contributed by atoms with E-state index in [1.807, 2.05) is 0 Å². The fraction of sp³-hybridized carbons (Fsp3) is 0.136. The van der Waals surface area contributed by atoms with Crippen molar-refractivity contribution in [3.05, 3.63) is 96.9 Å². The summed E-state index contributed by atoms with van der Waals surface area (Å²) in [5.41, 5.74) is 7.65. The van der Waals surface area contributed by atoms with Gasteiger partial charge in [0.05, 0.1) is 0 Å². The first-order valence-corrected chi connectivity index (χ1v) is 7.71. The maximum Gasteiger partial charge on any atom is 0.141 e. The van der Waals surface area contributed by atoms with Gasteiger partial charge in [0.2, 0.25) is 0 Å². The van der Waals surface area contributed by atoms with Crippen LogP contribution in [0.25, 0.3) is 0 Å². The molecule has 0 fully saturated rings. The molecule has 0 aliphatic rings. The van der Waals surface area contributed by atoms with Crippen LogP contribution in [-0.4, -0.2) is 0 Å². The van der Waals surface area contributed by atoms with Gasteiger partial charge in [0, 0.05) is 36.4 Å². The third kappa shape index (κ3) is 3.88. The van der Waals surface area contributed by atoms with Crippen molar-refractivity contribution in [1.82, 2.24) is 0 Å². The molecule has 0 saturated heterocycles. The second kappa shape index (κ2) is 7.26. The first kappa shape index (κ1) is 17.0. The Bertz CT molecular complexity index is 629. The molecule has 23 heavy (non-hydrogen) atoms. The highest BCUT2D eigenvalue weighted by atomic mass is 15.1. The molecule has 0 unspecified atom stereocenters. The van der Waals surface area contributed by atoms with Gasteiger partial charge in [-0.3, -0.25) is 0 Å². The highest BCUT2D eigenvalue weighted by molar-refractivity contribution is 5.47. The van der Waals surface area contributed by atoms with Crippen molar-refractivity contribution < 1.29 is 4.90 Å². The van der Waals surface area contributed by atoms with Crippen LogP contribution in [0.15, 0.2) is 72.8 Å². The summed E-state index contributed by atoms with van der Waals surface area (Å²) in [5, 5.41) is 0. The Morgan fingerprint density at radius 2 is 0.652 bits per heavy atom. The molecule has 1 N–H and O–H groups in total. The molecule has 3 aromatic carbocycles. The summed E-state index contributed by atoms with van der Waals surface area (Å²) < 4.78 is 0. The van der Waals surface area contributed by atoms with Gasteiger partial charge in [0.15, 0.2) is 0 Å². The third-order valence-corrected chi connectivity index (χ3v) is 4.02. The number of aryl methyl sites for hydroxylation is 3. The van der Waals surface area contributed by atoms with Crippen LogP contribution in [-0.2, 0) is 0 Å². The summed E-state index contributed by atoms with van der Waals surface area (Å²) in [6.07, 6.45) is 0. The highest BCUT2D eigenvalue weighted by Gasteiger charge is 2.18. The Labute approximate surface area is 140 Å². The van der Waals surface area contributed by atoms with E-state index in [1.54, 1.807) is 0 Å². The molecule has 0 aromatic heterocycles. The fourth-order valence-corrected chi connectivity index (χ4v) is 2.66. The molecule has 118 valence electrons. The van der Waals surface area contributed by atoms with Crippen LogP contribution in [0.1, 0.15) is 16.7 Å². The largest absolute Gasteiger partial charge is 0.358 e. The van der Waals surface area contributed by atoms with Gasteiger partial charge in [0.25, 0.3) is 0 Å². The zero-order chi connectivity index (χ0) is 15.5. The minimum absolute atomic E-state index is 0. The van der Waals surface area contributed by atoms with Crippen LogP contribution in [0, 0.1) is 28.2 Å². The van der Waals surface area contributed by atoms with Crippen molar-refractivity contribution in [3.8, 4) is 0 Å². The minimum Gasteiger partial charge on any atom is -0.358 e. The average molecular weight is 303 g/mol. The summed E-state index contributed by atoms with van der Waals surface area (Å²) in [6, 6.07) is 26.3. The Morgan fingerprint density at radius 1 is 0.435 bits per heavy atom. The number of benzene rings is 3. The molecule has 3 rings (SSSR count). The zero-order valence-electron chi connectivity index (χ0n) is 14.4. The lowest BCUT2D eigenvalue weighted by atomic mass is 10.1. The van der Waals surface area contributed by atoms with Crippen LogP contribution in [0.3, 0.4) is 0 Å². The molecule has 3 aromatic rings. The molecule has 0 radical (unpaired) electrons. The quantitative estimate of drug-likeness (QED) is 0.631. The van der Waals surface area contributed by atoms with Gasteiger partial charge in [-0.2, -0.15) is 0 Å². The Hall–Kier alpha value is -2.38. The number of rotatable bonds is 3. The van der Waals surface area contributed by atoms with Crippen molar-refractivity contribution in [2.45, 2.75) is 20.8 Å². The lowest BCUT2D eigenvalue weighted by Gasteiger charge is -2.19. The van der Waals surface area contributed by atoms with Crippen LogP contribution in [0.5, 0.6) is 0 Å². The molecule has 0 bridgehead atoms. The minimum atomic E-state index is 0. The number of quaternary nitrogens is 1. The van der Waals surface area contributed by atoms with Crippen LogP contribution >= 0.6 is 0 Å². The van der Waals surface area contributed by atoms with Gasteiger partial charge in [-0.05, 0) is 20.8 Å². The number of nitrogens with one attached hydrogen (secondary N) is 1. The summed E-state index contributed by atoms with van der Waals surface area (Å²) >= 11 is 0. The van der Waals surface area contributed by atoms with Gasteiger partial charge in [-0.1, -0.05) is 53.1 Å². The Balaban J connectivity index is 0.00000192. The maximum atomic E-state index is 2.21. The van der Waals surface area contributed by atoms with Crippen molar-refractivity contribution in [1.29, 1.82) is 0 Å². The molecule has 0 aliphatic carbocycles. The second-order valence-corrected chi connectivity index (χ2v) is 5.97. The maximum absolute atomic E-state index is 2.21. The summed E-state index contributed by atoms with van der Waals surface area (Å²) in [6.45, 7) is 6.38. The topological polar surface area (TPSA) is 4.44 Å². The van der Waals surface area contributed by atoms with Gasteiger partial charge in [-0.15, -0.1) is 0 Å². The molecule has 0 amide bonds. The van der Waals surface area contributed by atoms with Crippen LogP contribution in [0.4, 0.5) is 17.1 Å². The zero-order valence-corrected chi connectivity index (χ0v) is 14.4. The highest BCUT2D eigenvalue weighted by Crippen LogP contribution is 2.16. The van der Waals surface area contributed by atoms with Gasteiger partial charge >= 0.3 is 0 Å². The second-order valence-electron chi connectivity index (χ2n) is 5.97. The molecule has 0 aliphatic heterocycles. The predicted octanol–water partition coefficient (Wildman–Crippen LogP) is 5.24. The van der Waals surface area contributed by atoms with E-state index in [9.17, 15) is 0 Å². The molecular weight excluding hydrogens is 278 g/mol. The number of hydrogen-bond acceptors (Lipinski definition) is 0. The smallest absolute Gasteiger partial charge is 0.141 e. The third-order valence-electron chi connectivity index (χ3n) is 4.02. The van der Waals surface area contributed by atoms with Crippen molar-refractivity contribution in [2.75, 3.05) is 0 Å². The van der Waals surface area contributed by atoms with E-state index in [4.69, 9.17) is 0 Å². The van der Waals surface area contributed by atoms with E-state index in [-0.39, 0.29) is 7.43 Å². The van der Waals surface area contributed by atoms with E-state index < -0.39 is 0 Å². The summed E-state index contributed by atoms with van der Waals surface area (Å²) in [4.78, 5) is 1.29. The molecule has 0 heterocycles. The van der Waals surface area contributed by atoms with E-state index in [2.05, 4.69) is 93.6 Å². The summed E-state index contributed by atoms with van der Waals surface area (Å²) in [7, 11) is 0. The Kier molecular flexibility index (Phi) is 5.36. The molecule has 0 atom stereocenters. The van der Waals surface area contributed by atoms with Crippen molar-refractivity contribution >= 4 is 17.1 Å². The first-order chi connectivity index (χ1) is 10.6. The van der Waals surface area contributed by atoms with Crippen molar-refractivity contribution in [3.63, 3.8) is 0 Å². The normalized spacial score (nSPS) is 10.4. The Morgan fingerprint density at radius 3 is 0.870 bits per heavy atom. The molecule has 1 heteroatoms. The molecule has 0 spiro atoms. The van der Waals surface area contributed by atoms with E-state index >= 15 is 0 Å². The molecule has 0 saturated carbocycles. The van der Waals surface area contributed by atoms with Crippen LogP contribution in [0.2, 0.25) is 0 Å². The van der Waals surface area contributed by atoms with E-state index in [1.165, 1.54) is 38.7 Å². The van der Waals surface area contributed by atoms with Gasteiger partial charge in [-0.25, -0.2) is 4.90 Å². The van der Waals surface area contributed by atoms with Gasteiger partial charge in [0.1, 0.15) is 17.1 Å². The fourth-order valence-electron chi connectivity index (χ4n) is 2.66.